The maximum Gasteiger partial charge on any atom is 0.265 e. The number of hydrogen-bond donors (Lipinski definition) is 1. The fourth-order valence-corrected chi connectivity index (χ4v) is 3.64. The molecule has 0 atom stereocenters. The zero-order chi connectivity index (χ0) is 17.2. The van der Waals surface area contributed by atoms with Crippen LogP contribution in [0.2, 0.25) is 0 Å². The summed E-state index contributed by atoms with van der Waals surface area (Å²) in [5, 5.41) is 3.36. The van der Waals surface area contributed by atoms with Crippen molar-refractivity contribution >= 4 is 33.0 Å². The highest BCUT2D eigenvalue weighted by Crippen LogP contribution is 2.28. The van der Waals surface area contributed by atoms with Crippen LogP contribution in [0.15, 0.2) is 67.3 Å². The first-order valence-electron chi connectivity index (χ1n) is 7.73. The molecule has 2 heterocycles. The lowest BCUT2D eigenvalue weighted by molar-refractivity contribution is 0.103. The molecule has 0 aliphatic rings. The summed E-state index contributed by atoms with van der Waals surface area (Å²) in [7, 11) is 0. The van der Waals surface area contributed by atoms with Crippen molar-refractivity contribution in [3.63, 3.8) is 0 Å². The van der Waals surface area contributed by atoms with Crippen molar-refractivity contribution in [3.8, 4) is 0 Å². The van der Waals surface area contributed by atoms with Gasteiger partial charge in [-0.3, -0.25) is 4.79 Å². The second kappa shape index (κ2) is 6.49. The Labute approximate surface area is 147 Å². The molecule has 4 nitrogen and oxygen atoms in total. The molecule has 0 aliphatic carbocycles. The second-order valence-corrected chi connectivity index (χ2v) is 6.74. The number of carbonyl (C=O) groups is 1. The van der Waals surface area contributed by atoms with Crippen LogP contribution in [0.4, 0.5) is 10.1 Å². The average Bonchev–Trinajstić information content (AvgIpc) is 3.25. The minimum absolute atomic E-state index is 0.236. The number of carbonyl (C=O) groups excluding carboxylic acids is 1. The Balaban J connectivity index is 1.54. The zero-order valence-corrected chi connectivity index (χ0v) is 14.0. The maximum atomic E-state index is 13.8. The van der Waals surface area contributed by atoms with Crippen LogP contribution in [0.25, 0.3) is 10.1 Å². The monoisotopic (exact) mass is 351 g/mol. The molecule has 0 spiro atoms. The molecular formula is C19H14FN3OS. The molecule has 0 unspecified atom stereocenters. The Hall–Kier alpha value is -2.99. The van der Waals surface area contributed by atoms with Crippen molar-refractivity contribution in [1.82, 2.24) is 9.55 Å². The second-order valence-electron chi connectivity index (χ2n) is 5.65. The molecular weight excluding hydrogens is 337 g/mol. The van der Waals surface area contributed by atoms with Crippen LogP contribution in [-0.4, -0.2) is 15.5 Å². The van der Waals surface area contributed by atoms with Gasteiger partial charge < -0.3 is 9.88 Å². The standard InChI is InChI=1S/C19H14FN3OS/c20-16-5-2-6-17-15(16)10-18(25-17)19(24)22-14-4-1-3-13(9-14)11-23-8-7-21-12-23/h1-10,12H,11H2,(H,22,24). The summed E-state index contributed by atoms with van der Waals surface area (Å²) in [5.74, 6) is -0.546. The molecule has 2 aromatic carbocycles. The van der Waals surface area contributed by atoms with Crippen LogP contribution >= 0.6 is 11.3 Å². The molecule has 0 aliphatic heterocycles. The van der Waals surface area contributed by atoms with Gasteiger partial charge >= 0.3 is 0 Å². The van der Waals surface area contributed by atoms with Crippen LogP contribution in [0.5, 0.6) is 0 Å². The first-order valence-corrected chi connectivity index (χ1v) is 8.55. The highest BCUT2D eigenvalue weighted by atomic mass is 32.1. The fraction of sp³-hybridized carbons (Fsp3) is 0.0526. The first kappa shape index (κ1) is 15.5. The number of anilines is 1. The molecule has 2 aromatic heterocycles. The number of aromatic nitrogens is 2. The van der Waals surface area contributed by atoms with Crippen molar-refractivity contribution in [3.05, 3.63) is 83.5 Å². The van der Waals surface area contributed by atoms with Gasteiger partial charge in [-0.1, -0.05) is 18.2 Å². The number of halogens is 1. The lowest BCUT2D eigenvalue weighted by Gasteiger charge is -2.07. The van der Waals surface area contributed by atoms with Gasteiger partial charge in [-0.25, -0.2) is 9.37 Å². The van der Waals surface area contributed by atoms with Gasteiger partial charge in [-0.2, -0.15) is 0 Å². The predicted molar refractivity (Wildman–Crippen MR) is 97.5 cm³/mol. The van der Waals surface area contributed by atoms with E-state index in [-0.39, 0.29) is 11.7 Å². The summed E-state index contributed by atoms with van der Waals surface area (Å²) in [4.78, 5) is 17.0. The van der Waals surface area contributed by atoms with Crippen LogP contribution in [-0.2, 0) is 6.54 Å². The molecule has 4 rings (SSSR count). The molecule has 124 valence electrons. The van der Waals surface area contributed by atoms with E-state index in [0.29, 0.717) is 22.5 Å². The SMILES string of the molecule is O=C(Nc1cccc(Cn2ccnc2)c1)c1cc2c(F)cccc2s1. The Kier molecular flexibility index (Phi) is 4.03. The molecule has 0 radical (unpaired) electrons. The Bertz CT molecular complexity index is 1040. The largest absolute Gasteiger partial charge is 0.333 e. The van der Waals surface area contributed by atoms with E-state index >= 15 is 0 Å². The lowest BCUT2D eigenvalue weighted by atomic mass is 10.2. The van der Waals surface area contributed by atoms with E-state index in [1.54, 1.807) is 24.7 Å². The summed E-state index contributed by atoms with van der Waals surface area (Å²) in [6, 6.07) is 14.1. The minimum Gasteiger partial charge on any atom is -0.333 e. The number of fused-ring (bicyclic) bond motifs is 1. The quantitative estimate of drug-likeness (QED) is 0.587. The van der Waals surface area contributed by atoms with Crippen molar-refractivity contribution in [1.29, 1.82) is 0 Å². The zero-order valence-electron chi connectivity index (χ0n) is 13.1. The molecule has 0 saturated heterocycles. The van der Waals surface area contributed by atoms with Gasteiger partial charge in [0.15, 0.2) is 0 Å². The van der Waals surface area contributed by atoms with E-state index in [1.165, 1.54) is 17.4 Å². The van der Waals surface area contributed by atoms with E-state index in [2.05, 4.69) is 10.3 Å². The smallest absolute Gasteiger partial charge is 0.265 e. The Morgan fingerprint density at radius 1 is 1.20 bits per heavy atom. The number of amides is 1. The van der Waals surface area contributed by atoms with Crippen molar-refractivity contribution in [2.24, 2.45) is 0 Å². The van der Waals surface area contributed by atoms with E-state index < -0.39 is 0 Å². The third-order valence-electron chi connectivity index (χ3n) is 3.84. The molecule has 4 aromatic rings. The normalized spacial score (nSPS) is 10.9. The average molecular weight is 351 g/mol. The van der Waals surface area contributed by atoms with Crippen molar-refractivity contribution in [2.75, 3.05) is 5.32 Å². The number of nitrogens with zero attached hydrogens (tertiary/aromatic N) is 2. The third kappa shape index (κ3) is 3.29. The van der Waals surface area contributed by atoms with E-state index in [4.69, 9.17) is 0 Å². The summed E-state index contributed by atoms with van der Waals surface area (Å²) in [6.07, 6.45) is 5.36. The van der Waals surface area contributed by atoms with E-state index in [0.717, 1.165) is 10.3 Å². The molecule has 0 saturated carbocycles. The number of benzene rings is 2. The predicted octanol–water partition coefficient (Wildman–Crippen LogP) is 4.54. The van der Waals surface area contributed by atoms with Gasteiger partial charge in [0.25, 0.3) is 5.91 Å². The van der Waals surface area contributed by atoms with Crippen molar-refractivity contribution < 1.29 is 9.18 Å². The van der Waals surface area contributed by atoms with Crippen LogP contribution in [0.3, 0.4) is 0 Å². The van der Waals surface area contributed by atoms with Gasteiger partial charge in [0.1, 0.15) is 5.82 Å². The van der Waals surface area contributed by atoms with Crippen LogP contribution in [0, 0.1) is 5.82 Å². The maximum absolute atomic E-state index is 13.8. The number of hydrogen-bond acceptors (Lipinski definition) is 3. The summed E-state index contributed by atoms with van der Waals surface area (Å²) < 4.78 is 16.5. The van der Waals surface area contributed by atoms with Crippen LogP contribution < -0.4 is 5.32 Å². The van der Waals surface area contributed by atoms with E-state index in [9.17, 15) is 9.18 Å². The van der Waals surface area contributed by atoms with Gasteiger partial charge in [-0.15, -0.1) is 11.3 Å². The summed E-state index contributed by atoms with van der Waals surface area (Å²) in [5.41, 5.74) is 1.76. The highest BCUT2D eigenvalue weighted by molar-refractivity contribution is 7.20. The molecule has 0 fully saturated rings. The molecule has 0 bridgehead atoms. The van der Waals surface area contributed by atoms with Gasteiger partial charge in [0, 0.05) is 34.7 Å². The number of rotatable bonds is 4. The third-order valence-corrected chi connectivity index (χ3v) is 4.94. The Morgan fingerprint density at radius 2 is 2.08 bits per heavy atom. The first-order chi connectivity index (χ1) is 12.2. The summed E-state index contributed by atoms with van der Waals surface area (Å²) in [6.45, 7) is 0.678. The lowest BCUT2D eigenvalue weighted by Crippen LogP contribution is -2.10. The Morgan fingerprint density at radius 3 is 2.88 bits per heavy atom. The number of thiophene rings is 1. The van der Waals surface area contributed by atoms with Gasteiger partial charge in [-0.05, 0) is 35.9 Å². The summed E-state index contributed by atoms with van der Waals surface area (Å²) >= 11 is 1.28. The fourth-order valence-electron chi connectivity index (χ4n) is 2.67. The minimum atomic E-state index is -0.310. The topological polar surface area (TPSA) is 46.9 Å². The van der Waals surface area contributed by atoms with Gasteiger partial charge in [0.05, 0.1) is 11.2 Å². The molecule has 25 heavy (non-hydrogen) atoms. The highest BCUT2D eigenvalue weighted by Gasteiger charge is 2.13. The molecule has 1 N–H and O–H groups in total. The molecule has 6 heteroatoms. The number of imidazole rings is 1. The number of nitrogens with one attached hydrogen (secondary N) is 1. The van der Waals surface area contributed by atoms with Crippen LogP contribution in [0.1, 0.15) is 15.2 Å². The van der Waals surface area contributed by atoms with Gasteiger partial charge in [0.2, 0.25) is 0 Å². The van der Waals surface area contributed by atoms with Crippen molar-refractivity contribution in [2.45, 2.75) is 6.54 Å². The molecule has 1 amide bonds. The van der Waals surface area contributed by atoms with E-state index in [1.807, 2.05) is 41.1 Å².